The van der Waals surface area contributed by atoms with Gasteiger partial charge in [0.05, 0.1) is 24.7 Å². The molecule has 0 N–H and O–H groups in total. The molecule has 0 aliphatic carbocycles. The monoisotopic (exact) mass is 375 g/mol. The Bertz CT molecular complexity index is 964. The van der Waals surface area contributed by atoms with Crippen molar-refractivity contribution >= 4 is 5.91 Å². The van der Waals surface area contributed by atoms with Gasteiger partial charge >= 0.3 is 0 Å². The number of amides is 1. The number of ether oxygens (including phenoxy) is 1. The third-order valence-corrected chi connectivity index (χ3v) is 4.95. The zero-order valence-corrected chi connectivity index (χ0v) is 15.7. The second kappa shape index (κ2) is 8.12. The molecule has 1 aromatic carbocycles. The maximum Gasteiger partial charge on any atom is 0.274 e. The Morgan fingerprint density at radius 1 is 1.14 bits per heavy atom. The van der Waals surface area contributed by atoms with Crippen LogP contribution >= 0.6 is 0 Å². The van der Waals surface area contributed by atoms with Crippen LogP contribution in [0.25, 0.3) is 11.3 Å². The van der Waals surface area contributed by atoms with Crippen LogP contribution in [0.1, 0.15) is 34.9 Å². The average molecular weight is 375 g/mol. The van der Waals surface area contributed by atoms with Crippen molar-refractivity contribution in [3.8, 4) is 17.0 Å². The summed E-state index contributed by atoms with van der Waals surface area (Å²) in [5.41, 5.74) is 3.07. The normalized spacial score (nSPS) is 16.6. The fourth-order valence-electron chi connectivity index (χ4n) is 3.60. The van der Waals surface area contributed by atoms with Crippen molar-refractivity contribution in [2.45, 2.75) is 18.8 Å². The molecule has 1 saturated heterocycles. The Kier molecular flexibility index (Phi) is 5.23. The molecule has 1 aliphatic heterocycles. The van der Waals surface area contributed by atoms with Gasteiger partial charge in [-0.15, -0.1) is 0 Å². The van der Waals surface area contributed by atoms with Crippen LogP contribution in [0.15, 0.2) is 55.2 Å². The molecule has 0 spiro atoms. The van der Waals surface area contributed by atoms with Gasteiger partial charge in [0.2, 0.25) is 0 Å². The average Bonchev–Trinajstić information content (AvgIpc) is 2.79. The summed E-state index contributed by atoms with van der Waals surface area (Å²) in [7, 11) is 1.65. The van der Waals surface area contributed by atoms with Gasteiger partial charge in [-0.05, 0) is 25.0 Å². The molecule has 0 saturated carbocycles. The van der Waals surface area contributed by atoms with Gasteiger partial charge in [-0.3, -0.25) is 19.7 Å². The number of carbonyl (C=O) groups is 1. The van der Waals surface area contributed by atoms with E-state index in [0.717, 1.165) is 35.5 Å². The minimum atomic E-state index is -0.0929. The van der Waals surface area contributed by atoms with E-state index in [0.29, 0.717) is 18.8 Å². The number of hydrogen-bond donors (Lipinski definition) is 0. The van der Waals surface area contributed by atoms with Gasteiger partial charge in [0, 0.05) is 49.4 Å². The van der Waals surface area contributed by atoms with Crippen LogP contribution in [0.2, 0.25) is 0 Å². The molecule has 7 heteroatoms. The third kappa shape index (κ3) is 3.69. The standard InChI is InChI=1S/C21H21N5O2/c1-28-17-6-2-4-15(12-17)19-20(25-10-9-24-19)16-5-3-11-26(14-16)21(27)18-13-22-7-8-23-18/h2,4,6-10,12-13,16H,3,5,11,14H2,1H3. The lowest BCUT2D eigenvalue weighted by atomic mass is 9.91. The number of benzene rings is 1. The van der Waals surface area contributed by atoms with Crippen LogP contribution in [0, 0.1) is 0 Å². The fourth-order valence-corrected chi connectivity index (χ4v) is 3.60. The van der Waals surface area contributed by atoms with Gasteiger partial charge < -0.3 is 9.64 Å². The highest BCUT2D eigenvalue weighted by molar-refractivity contribution is 5.92. The van der Waals surface area contributed by atoms with Crippen LogP contribution in [0.5, 0.6) is 5.75 Å². The van der Waals surface area contributed by atoms with Crippen LogP contribution in [-0.4, -0.2) is 50.9 Å². The Morgan fingerprint density at radius 3 is 2.82 bits per heavy atom. The Labute approximate surface area is 163 Å². The number of rotatable bonds is 4. The van der Waals surface area contributed by atoms with Gasteiger partial charge in [-0.25, -0.2) is 4.98 Å². The van der Waals surface area contributed by atoms with Gasteiger partial charge in [-0.1, -0.05) is 12.1 Å². The first-order valence-electron chi connectivity index (χ1n) is 9.27. The first-order valence-corrected chi connectivity index (χ1v) is 9.27. The number of carbonyl (C=O) groups excluding carboxylic acids is 1. The Hall–Kier alpha value is -3.35. The second-order valence-electron chi connectivity index (χ2n) is 6.70. The Balaban J connectivity index is 1.62. The zero-order chi connectivity index (χ0) is 19.3. The lowest BCUT2D eigenvalue weighted by Gasteiger charge is -2.32. The molecule has 142 valence electrons. The molecule has 1 unspecified atom stereocenters. The third-order valence-electron chi connectivity index (χ3n) is 4.95. The molecule has 4 rings (SSSR count). The second-order valence-corrected chi connectivity index (χ2v) is 6.70. The molecule has 2 aromatic heterocycles. The highest BCUT2D eigenvalue weighted by atomic mass is 16.5. The highest BCUT2D eigenvalue weighted by Crippen LogP contribution is 2.33. The van der Waals surface area contributed by atoms with Gasteiger partial charge in [0.25, 0.3) is 5.91 Å². The van der Waals surface area contributed by atoms with Gasteiger partial charge in [0.15, 0.2) is 0 Å². The van der Waals surface area contributed by atoms with Crippen molar-refractivity contribution in [2.75, 3.05) is 20.2 Å². The van der Waals surface area contributed by atoms with E-state index in [2.05, 4.69) is 19.9 Å². The van der Waals surface area contributed by atoms with E-state index in [1.165, 1.54) is 12.4 Å². The SMILES string of the molecule is COc1cccc(-c2nccnc2C2CCCN(C(=O)c3cnccn3)C2)c1. The molecule has 0 bridgehead atoms. The number of piperidine rings is 1. The van der Waals surface area contributed by atoms with Crippen molar-refractivity contribution in [3.63, 3.8) is 0 Å². The predicted molar refractivity (Wildman–Crippen MR) is 104 cm³/mol. The number of nitrogens with zero attached hydrogens (tertiary/aromatic N) is 5. The van der Waals surface area contributed by atoms with Gasteiger partial charge in [0.1, 0.15) is 11.4 Å². The Morgan fingerprint density at radius 2 is 2.00 bits per heavy atom. The van der Waals surface area contributed by atoms with E-state index < -0.39 is 0 Å². The van der Waals surface area contributed by atoms with Crippen molar-refractivity contribution in [2.24, 2.45) is 0 Å². The first-order chi connectivity index (χ1) is 13.8. The lowest BCUT2D eigenvalue weighted by molar-refractivity contribution is 0.0699. The van der Waals surface area contributed by atoms with E-state index >= 15 is 0 Å². The largest absolute Gasteiger partial charge is 0.497 e. The van der Waals surface area contributed by atoms with Gasteiger partial charge in [-0.2, -0.15) is 0 Å². The fraction of sp³-hybridized carbons (Fsp3) is 0.286. The minimum Gasteiger partial charge on any atom is -0.497 e. The summed E-state index contributed by atoms with van der Waals surface area (Å²) in [6.45, 7) is 1.30. The first kappa shape index (κ1) is 18.0. The molecule has 28 heavy (non-hydrogen) atoms. The molecular weight excluding hydrogens is 354 g/mol. The van der Waals surface area contributed by atoms with E-state index in [-0.39, 0.29) is 11.8 Å². The van der Waals surface area contributed by atoms with Crippen molar-refractivity contribution in [1.82, 2.24) is 24.8 Å². The molecule has 1 aliphatic rings. The molecule has 3 aromatic rings. The summed E-state index contributed by atoms with van der Waals surface area (Å²) in [5.74, 6) is 0.797. The van der Waals surface area contributed by atoms with Crippen molar-refractivity contribution in [1.29, 1.82) is 0 Å². The number of hydrogen-bond acceptors (Lipinski definition) is 6. The predicted octanol–water partition coefficient (Wildman–Crippen LogP) is 2.96. The number of methoxy groups -OCH3 is 1. The summed E-state index contributed by atoms with van der Waals surface area (Å²) >= 11 is 0. The summed E-state index contributed by atoms with van der Waals surface area (Å²) in [6.07, 6.45) is 9.89. The van der Waals surface area contributed by atoms with Crippen LogP contribution in [0.4, 0.5) is 0 Å². The minimum absolute atomic E-state index is 0.0929. The van der Waals surface area contributed by atoms with E-state index in [1.54, 1.807) is 25.7 Å². The number of aromatic nitrogens is 4. The molecule has 1 atom stereocenters. The molecule has 1 amide bonds. The van der Waals surface area contributed by atoms with Crippen molar-refractivity contribution in [3.05, 3.63) is 66.6 Å². The van der Waals surface area contributed by atoms with E-state index in [1.807, 2.05) is 29.2 Å². The quantitative estimate of drug-likeness (QED) is 0.697. The molecular formula is C21H21N5O2. The highest BCUT2D eigenvalue weighted by Gasteiger charge is 2.29. The van der Waals surface area contributed by atoms with Crippen molar-refractivity contribution < 1.29 is 9.53 Å². The molecule has 7 nitrogen and oxygen atoms in total. The van der Waals surface area contributed by atoms with Crippen LogP contribution in [-0.2, 0) is 0 Å². The van der Waals surface area contributed by atoms with E-state index in [4.69, 9.17) is 4.74 Å². The zero-order valence-electron chi connectivity index (χ0n) is 15.7. The molecule has 1 fully saturated rings. The molecule has 3 heterocycles. The van der Waals surface area contributed by atoms with E-state index in [9.17, 15) is 4.79 Å². The van der Waals surface area contributed by atoms with Crippen LogP contribution in [0.3, 0.4) is 0 Å². The summed E-state index contributed by atoms with van der Waals surface area (Å²) in [4.78, 5) is 32.0. The number of likely N-dealkylation sites (tertiary alicyclic amines) is 1. The maximum absolute atomic E-state index is 12.8. The summed E-state index contributed by atoms with van der Waals surface area (Å²) in [6, 6.07) is 7.80. The van der Waals surface area contributed by atoms with Crippen LogP contribution < -0.4 is 4.74 Å². The smallest absolute Gasteiger partial charge is 0.274 e. The summed E-state index contributed by atoms with van der Waals surface area (Å²) < 4.78 is 5.35. The molecule has 0 radical (unpaired) electrons. The maximum atomic E-state index is 12.8. The summed E-state index contributed by atoms with van der Waals surface area (Å²) in [5, 5.41) is 0. The lowest BCUT2D eigenvalue weighted by Crippen LogP contribution is -2.39. The topological polar surface area (TPSA) is 81.1 Å².